The van der Waals surface area contributed by atoms with Gasteiger partial charge in [0.15, 0.2) is 5.78 Å². The lowest BCUT2D eigenvalue weighted by Gasteiger charge is -2.18. The number of aromatic nitrogens is 2. The van der Waals surface area contributed by atoms with Gasteiger partial charge in [0.1, 0.15) is 16.2 Å². The topological polar surface area (TPSA) is 42.9 Å². The Morgan fingerprint density at radius 2 is 2.08 bits per heavy atom. The fraction of sp³-hybridized carbons (Fsp3) is 0.350. The minimum Gasteiger partial charge on any atom is -0.293 e. The van der Waals surface area contributed by atoms with Gasteiger partial charge in [-0.2, -0.15) is 0 Å². The maximum Gasteiger partial charge on any atom is 0.175 e. The number of rotatable bonds is 4. The lowest BCUT2D eigenvalue weighted by atomic mass is 9.89. The maximum absolute atomic E-state index is 12.7. The molecule has 0 aliphatic heterocycles. The highest BCUT2D eigenvalue weighted by atomic mass is 32.2. The highest BCUT2D eigenvalue weighted by Crippen LogP contribution is 2.41. The molecule has 0 unspecified atom stereocenters. The lowest BCUT2D eigenvalue weighted by Crippen LogP contribution is -2.14. The molecule has 4 rings (SSSR count). The highest BCUT2D eigenvalue weighted by molar-refractivity contribution is 8.00. The SMILES string of the molecule is C[C@@H]1CCc2c(sc3ncnc(S[C@H](C)C(=O)c4ccccc4)c23)C1. The molecular weight excluding hydrogens is 348 g/mol. The van der Waals surface area contributed by atoms with Crippen LogP contribution in [-0.4, -0.2) is 21.0 Å². The molecule has 25 heavy (non-hydrogen) atoms. The van der Waals surface area contributed by atoms with Gasteiger partial charge in [0.2, 0.25) is 0 Å². The molecule has 0 radical (unpaired) electrons. The van der Waals surface area contributed by atoms with E-state index in [-0.39, 0.29) is 11.0 Å². The van der Waals surface area contributed by atoms with Crippen molar-refractivity contribution in [1.82, 2.24) is 9.97 Å². The average molecular weight is 369 g/mol. The predicted octanol–water partition coefficient (Wildman–Crippen LogP) is 5.18. The molecule has 0 saturated carbocycles. The molecule has 1 aliphatic carbocycles. The summed E-state index contributed by atoms with van der Waals surface area (Å²) >= 11 is 3.36. The smallest absolute Gasteiger partial charge is 0.175 e. The van der Waals surface area contributed by atoms with Crippen molar-refractivity contribution in [1.29, 1.82) is 0 Å². The van der Waals surface area contributed by atoms with E-state index in [0.29, 0.717) is 0 Å². The summed E-state index contributed by atoms with van der Waals surface area (Å²) in [5, 5.41) is 1.97. The van der Waals surface area contributed by atoms with Crippen molar-refractivity contribution in [3.63, 3.8) is 0 Å². The van der Waals surface area contributed by atoms with Gasteiger partial charge in [-0.1, -0.05) is 49.0 Å². The number of fused-ring (bicyclic) bond motifs is 3. The molecule has 1 aromatic carbocycles. The first-order valence-corrected chi connectivity index (χ1v) is 10.3. The Morgan fingerprint density at radius 1 is 1.28 bits per heavy atom. The summed E-state index contributed by atoms with van der Waals surface area (Å²) in [4.78, 5) is 24.2. The molecule has 0 N–H and O–H groups in total. The summed E-state index contributed by atoms with van der Waals surface area (Å²) in [6, 6.07) is 9.50. The molecule has 0 bridgehead atoms. The van der Waals surface area contributed by atoms with Crippen molar-refractivity contribution in [2.45, 2.75) is 43.4 Å². The highest BCUT2D eigenvalue weighted by Gasteiger charge is 2.25. The van der Waals surface area contributed by atoms with Crippen LogP contribution in [0, 0.1) is 5.92 Å². The number of hydrogen-bond donors (Lipinski definition) is 0. The van der Waals surface area contributed by atoms with E-state index in [1.165, 1.54) is 22.2 Å². The van der Waals surface area contributed by atoms with Gasteiger partial charge < -0.3 is 0 Å². The molecule has 0 spiro atoms. The Labute approximate surface area is 155 Å². The van der Waals surface area contributed by atoms with Crippen molar-refractivity contribution in [3.05, 3.63) is 52.7 Å². The van der Waals surface area contributed by atoms with Gasteiger partial charge in [-0.25, -0.2) is 9.97 Å². The van der Waals surface area contributed by atoms with Gasteiger partial charge in [0, 0.05) is 15.8 Å². The van der Waals surface area contributed by atoms with Crippen LogP contribution < -0.4 is 0 Å². The molecule has 128 valence electrons. The second kappa shape index (κ2) is 6.89. The van der Waals surface area contributed by atoms with Crippen molar-refractivity contribution >= 4 is 39.1 Å². The third-order valence-electron chi connectivity index (χ3n) is 4.77. The van der Waals surface area contributed by atoms with Crippen LogP contribution in [0.15, 0.2) is 41.7 Å². The van der Waals surface area contributed by atoms with Crippen LogP contribution in [0.25, 0.3) is 10.2 Å². The number of carbonyl (C=O) groups excluding carboxylic acids is 1. The fourth-order valence-corrected chi connectivity index (χ4v) is 5.83. The van der Waals surface area contributed by atoms with Crippen LogP contribution in [0.2, 0.25) is 0 Å². The van der Waals surface area contributed by atoms with Gasteiger partial charge in [-0.15, -0.1) is 11.3 Å². The first kappa shape index (κ1) is 16.7. The molecule has 3 nitrogen and oxygen atoms in total. The minimum atomic E-state index is -0.168. The van der Waals surface area contributed by atoms with E-state index in [9.17, 15) is 4.79 Å². The maximum atomic E-state index is 12.7. The lowest BCUT2D eigenvalue weighted by molar-refractivity contribution is 0.0994. The number of benzene rings is 1. The molecule has 2 heterocycles. The van der Waals surface area contributed by atoms with Crippen molar-refractivity contribution < 1.29 is 4.79 Å². The standard InChI is InChI=1S/C20H20N2OS2/c1-12-8-9-15-16(10-12)25-20-17(15)19(21-11-22-20)24-13(2)18(23)14-6-4-3-5-7-14/h3-7,11-13H,8-10H2,1-2H3/t12-,13-/m1/s1. The van der Waals surface area contributed by atoms with Gasteiger partial charge in [0.05, 0.1) is 5.25 Å². The Hall–Kier alpha value is -1.72. The first-order valence-electron chi connectivity index (χ1n) is 8.64. The van der Waals surface area contributed by atoms with Crippen molar-refractivity contribution in [2.24, 2.45) is 5.92 Å². The molecule has 1 aliphatic rings. The Bertz CT molecular complexity index is 920. The molecular formula is C20H20N2OS2. The number of Topliss-reactive ketones (excluding diaryl/α,β-unsaturated/α-hetero) is 1. The number of thiophene rings is 1. The van der Waals surface area contributed by atoms with Crippen molar-refractivity contribution in [3.8, 4) is 0 Å². The van der Waals surface area contributed by atoms with Gasteiger partial charge in [-0.05, 0) is 37.7 Å². The summed E-state index contributed by atoms with van der Waals surface area (Å²) < 4.78 is 0. The van der Waals surface area contributed by atoms with Crippen LogP contribution in [0.4, 0.5) is 0 Å². The number of thioether (sulfide) groups is 1. The number of hydrogen-bond acceptors (Lipinski definition) is 5. The monoisotopic (exact) mass is 368 g/mol. The summed E-state index contributed by atoms with van der Waals surface area (Å²) in [5.74, 6) is 0.887. The predicted molar refractivity (Wildman–Crippen MR) is 105 cm³/mol. The molecule has 0 saturated heterocycles. The molecule has 3 aromatic rings. The second-order valence-electron chi connectivity index (χ2n) is 6.70. The zero-order valence-corrected chi connectivity index (χ0v) is 16.0. The Kier molecular flexibility index (Phi) is 4.61. The fourth-order valence-electron chi connectivity index (χ4n) is 3.39. The van der Waals surface area contributed by atoms with E-state index in [1.54, 1.807) is 29.4 Å². The largest absolute Gasteiger partial charge is 0.293 e. The Balaban J connectivity index is 1.67. The van der Waals surface area contributed by atoms with Gasteiger partial charge >= 0.3 is 0 Å². The molecule has 5 heteroatoms. The van der Waals surface area contributed by atoms with Crippen molar-refractivity contribution in [2.75, 3.05) is 0 Å². The van der Waals surface area contributed by atoms with Crippen LogP contribution in [0.5, 0.6) is 0 Å². The van der Waals surface area contributed by atoms with Crippen LogP contribution in [-0.2, 0) is 12.8 Å². The number of carbonyl (C=O) groups is 1. The third-order valence-corrected chi connectivity index (χ3v) is 7.04. The average Bonchev–Trinajstić information content (AvgIpc) is 3.00. The van der Waals surface area contributed by atoms with Crippen LogP contribution in [0.1, 0.15) is 41.1 Å². The van der Waals surface area contributed by atoms with E-state index in [4.69, 9.17) is 0 Å². The molecule has 0 amide bonds. The first-order chi connectivity index (χ1) is 12.1. The number of aryl methyl sites for hydroxylation is 1. The Morgan fingerprint density at radius 3 is 2.88 bits per heavy atom. The number of nitrogens with zero attached hydrogens (tertiary/aromatic N) is 2. The van der Waals surface area contributed by atoms with E-state index in [2.05, 4.69) is 16.9 Å². The van der Waals surface area contributed by atoms with Gasteiger partial charge in [-0.3, -0.25) is 4.79 Å². The van der Waals surface area contributed by atoms with Gasteiger partial charge in [0.25, 0.3) is 0 Å². The third kappa shape index (κ3) is 3.23. The summed E-state index contributed by atoms with van der Waals surface area (Å²) in [6.07, 6.45) is 5.09. The van der Waals surface area contributed by atoms with E-state index < -0.39 is 0 Å². The molecule has 2 atom stereocenters. The van der Waals surface area contributed by atoms with E-state index in [0.717, 1.165) is 34.2 Å². The normalized spacial score (nSPS) is 18.1. The summed E-state index contributed by atoms with van der Waals surface area (Å²) in [6.45, 7) is 4.28. The van der Waals surface area contributed by atoms with Crippen LogP contribution in [0.3, 0.4) is 0 Å². The second-order valence-corrected chi connectivity index (χ2v) is 9.11. The molecule has 0 fully saturated rings. The zero-order valence-electron chi connectivity index (χ0n) is 14.4. The summed E-state index contributed by atoms with van der Waals surface area (Å²) in [5.41, 5.74) is 2.18. The number of ketones is 1. The molecule has 2 aromatic heterocycles. The van der Waals surface area contributed by atoms with E-state index >= 15 is 0 Å². The summed E-state index contributed by atoms with van der Waals surface area (Å²) in [7, 11) is 0. The quantitative estimate of drug-likeness (QED) is 0.361. The van der Waals surface area contributed by atoms with Crippen LogP contribution >= 0.6 is 23.1 Å². The zero-order chi connectivity index (χ0) is 17.4. The van der Waals surface area contributed by atoms with E-state index in [1.807, 2.05) is 37.3 Å². The minimum absolute atomic E-state index is 0.148.